The molecule has 1 aliphatic rings. The van der Waals surface area contributed by atoms with Gasteiger partial charge in [0, 0.05) is 17.6 Å². The van der Waals surface area contributed by atoms with Crippen LogP contribution in [-0.4, -0.2) is 44.2 Å². The largest absolute Gasteiger partial charge is 0.465 e. The van der Waals surface area contributed by atoms with Crippen LogP contribution < -0.4 is 5.32 Å². The maximum atomic E-state index is 11.5. The van der Waals surface area contributed by atoms with Gasteiger partial charge in [0.15, 0.2) is 0 Å². The van der Waals surface area contributed by atoms with Crippen LogP contribution in [0.15, 0.2) is 22.7 Å². The molecule has 1 atom stereocenters. The maximum Gasteiger partial charge on any atom is 0.337 e. The van der Waals surface area contributed by atoms with Gasteiger partial charge in [-0.05, 0) is 49.7 Å². The number of hydrogen-bond donors (Lipinski definition) is 1. The van der Waals surface area contributed by atoms with Gasteiger partial charge in [0.25, 0.3) is 0 Å². The molecule has 1 aliphatic heterocycles. The van der Waals surface area contributed by atoms with Crippen molar-refractivity contribution in [1.29, 1.82) is 0 Å². The number of halogens is 1. The van der Waals surface area contributed by atoms with Crippen LogP contribution in [0.2, 0.25) is 0 Å². The zero-order chi connectivity index (χ0) is 15.2. The monoisotopic (exact) mass is 354 g/mol. The molecule has 1 heterocycles. The second-order valence-electron chi connectivity index (χ2n) is 5.48. The van der Waals surface area contributed by atoms with E-state index >= 15 is 0 Å². The quantitative estimate of drug-likeness (QED) is 0.797. The molecule has 4 nitrogen and oxygen atoms in total. The number of nitrogens with one attached hydrogen (secondary N) is 1. The summed E-state index contributed by atoms with van der Waals surface area (Å²) in [7, 11) is 1.40. The Labute approximate surface area is 135 Å². The van der Waals surface area contributed by atoms with Crippen molar-refractivity contribution in [2.45, 2.75) is 19.9 Å². The average Bonchev–Trinajstić information content (AvgIpc) is 2.96. The molecule has 21 heavy (non-hydrogen) atoms. The summed E-state index contributed by atoms with van der Waals surface area (Å²) in [5.74, 6) is 0.443. The third-order valence-electron chi connectivity index (χ3n) is 4.04. The van der Waals surface area contributed by atoms with Gasteiger partial charge in [-0.2, -0.15) is 0 Å². The Hall–Kier alpha value is -0.910. The predicted molar refractivity (Wildman–Crippen MR) is 87.4 cm³/mol. The molecular weight excluding hydrogens is 332 g/mol. The van der Waals surface area contributed by atoms with Gasteiger partial charge in [0.2, 0.25) is 0 Å². The van der Waals surface area contributed by atoms with Crippen molar-refractivity contribution >= 4 is 21.9 Å². The van der Waals surface area contributed by atoms with Crippen molar-refractivity contribution in [2.24, 2.45) is 5.92 Å². The van der Waals surface area contributed by atoms with E-state index in [9.17, 15) is 4.79 Å². The molecule has 0 aliphatic carbocycles. The molecule has 1 unspecified atom stereocenters. The van der Waals surface area contributed by atoms with Gasteiger partial charge in [-0.1, -0.05) is 28.9 Å². The van der Waals surface area contributed by atoms with E-state index in [4.69, 9.17) is 4.74 Å². The lowest BCUT2D eigenvalue weighted by atomic mass is 10.1. The van der Waals surface area contributed by atoms with Crippen LogP contribution in [0.3, 0.4) is 0 Å². The number of likely N-dealkylation sites (tertiary alicyclic amines) is 1. The van der Waals surface area contributed by atoms with E-state index in [1.807, 2.05) is 18.2 Å². The summed E-state index contributed by atoms with van der Waals surface area (Å²) in [4.78, 5) is 14.0. The molecule has 1 aromatic rings. The van der Waals surface area contributed by atoms with Crippen LogP contribution in [-0.2, 0) is 11.3 Å². The van der Waals surface area contributed by atoms with Crippen molar-refractivity contribution in [3.05, 3.63) is 33.8 Å². The first-order chi connectivity index (χ1) is 10.1. The van der Waals surface area contributed by atoms with Crippen molar-refractivity contribution in [1.82, 2.24) is 10.2 Å². The Balaban J connectivity index is 1.82. The van der Waals surface area contributed by atoms with Gasteiger partial charge in [-0.3, -0.25) is 0 Å². The molecule has 1 aromatic carbocycles. The lowest BCUT2D eigenvalue weighted by Crippen LogP contribution is -2.26. The summed E-state index contributed by atoms with van der Waals surface area (Å²) in [6.07, 6.45) is 1.28. The van der Waals surface area contributed by atoms with Gasteiger partial charge in [-0.25, -0.2) is 4.79 Å². The standard InChI is InChI=1S/C16H23BrN2O2/c1-3-19-7-6-12(11-19)9-18-10-14-5-4-13(8-15(14)17)16(20)21-2/h4-5,8,12,18H,3,6-7,9-11H2,1-2H3. The number of hydrogen-bond acceptors (Lipinski definition) is 4. The molecule has 1 fully saturated rings. The average molecular weight is 355 g/mol. The van der Waals surface area contributed by atoms with E-state index in [1.54, 1.807) is 0 Å². The van der Waals surface area contributed by atoms with E-state index < -0.39 is 0 Å². The molecule has 2 rings (SSSR count). The van der Waals surface area contributed by atoms with Crippen LogP contribution in [0.1, 0.15) is 29.3 Å². The molecular formula is C16H23BrN2O2. The number of methoxy groups -OCH3 is 1. The number of esters is 1. The third-order valence-corrected chi connectivity index (χ3v) is 4.78. The van der Waals surface area contributed by atoms with Crippen molar-refractivity contribution in [3.63, 3.8) is 0 Å². The van der Waals surface area contributed by atoms with Gasteiger partial charge in [0.1, 0.15) is 0 Å². The van der Waals surface area contributed by atoms with E-state index in [0.29, 0.717) is 5.56 Å². The predicted octanol–water partition coefficient (Wildman–Crippen LogP) is 2.67. The fraction of sp³-hybridized carbons (Fsp3) is 0.562. The summed E-state index contributed by atoms with van der Waals surface area (Å²) in [6, 6.07) is 5.59. The molecule has 0 saturated carbocycles. The SMILES string of the molecule is CCN1CCC(CNCc2ccc(C(=O)OC)cc2Br)C1. The fourth-order valence-electron chi connectivity index (χ4n) is 2.71. The van der Waals surface area contributed by atoms with Crippen LogP contribution in [0.4, 0.5) is 0 Å². The smallest absolute Gasteiger partial charge is 0.337 e. The third kappa shape index (κ3) is 4.53. The Morgan fingerprint density at radius 2 is 2.33 bits per heavy atom. The Morgan fingerprint density at radius 1 is 1.52 bits per heavy atom. The molecule has 1 N–H and O–H groups in total. The van der Waals surface area contributed by atoms with Crippen LogP contribution in [0, 0.1) is 5.92 Å². The van der Waals surface area contributed by atoms with E-state index in [0.717, 1.165) is 35.6 Å². The lowest BCUT2D eigenvalue weighted by Gasteiger charge is -2.14. The van der Waals surface area contributed by atoms with Crippen LogP contribution in [0.5, 0.6) is 0 Å². The second-order valence-corrected chi connectivity index (χ2v) is 6.33. The molecule has 1 saturated heterocycles. The van der Waals surface area contributed by atoms with Gasteiger partial charge in [0.05, 0.1) is 12.7 Å². The first-order valence-electron chi connectivity index (χ1n) is 7.43. The Morgan fingerprint density at radius 3 is 2.95 bits per heavy atom. The van der Waals surface area contributed by atoms with Gasteiger partial charge < -0.3 is 15.0 Å². The second kappa shape index (κ2) is 7.92. The fourth-order valence-corrected chi connectivity index (χ4v) is 3.23. The Bertz CT molecular complexity index is 493. The number of carbonyl (C=O) groups excluding carboxylic acids is 1. The number of carbonyl (C=O) groups is 1. The van der Waals surface area contributed by atoms with E-state index in [-0.39, 0.29) is 5.97 Å². The van der Waals surface area contributed by atoms with Gasteiger partial charge in [-0.15, -0.1) is 0 Å². The summed E-state index contributed by atoms with van der Waals surface area (Å²) >= 11 is 3.52. The molecule has 0 radical (unpaired) electrons. The number of rotatable bonds is 6. The van der Waals surface area contributed by atoms with E-state index in [2.05, 4.69) is 33.1 Å². The highest BCUT2D eigenvalue weighted by Gasteiger charge is 2.20. The zero-order valence-electron chi connectivity index (χ0n) is 12.7. The molecule has 0 aromatic heterocycles. The minimum Gasteiger partial charge on any atom is -0.465 e. The number of benzene rings is 1. The highest BCUT2D eigenvalue weighted by molar-refractivity contribution is 9.10. The summed E-state index contributed by atoms with van der Waals surface area (Å²) in [5.41, 5.74) is 1.73. The van der Waals surface area contributed by atoms with Crippen molar-refractivity contribution in [2.75, 3.05) is 33.3 Å². The minimum absolute atomic E-state index is 0.305. The topological polar surface area (TPSA) is 41.6 Å². The van der Waals surface area contributed by atoms with Gasteiger partial charge >= 0.3 is 5.97 Å². The number of ether oxygens (including phenoxy) is 1. The summed E-state index contributed by atoms with van der Waals surface area (Å²) in [6.45, 7) is 7.64. The normalized spacial score (nSPS) is 18.9. The Kier molecular flexibility index (Phi) is 6.21. The summed E-state index contributed by atoms with van der Waals surface area (Å²) < 4.78 is 5.66. The number of nitrogens with zero attached hydrogens (tertiary/aromatic N) is 1. The molecule has 0 amide bonds. The first-order valence-corrected chi connectivity index (χ1v) is 8.23. The first kappa shape index (κ1) is 16.5. The molecule has 0 spiro atoms. The zero-order valence-corrected chi connectivity index (χ0v) is 14.3. The van der Waals surface area contributed by atoms with E-state index in [1.165, 1.54) is 26.6 Å². The van der Waals surface area contributed by atoms with Crippen molar-refractivity contribution < 1.29 is 9.53 Å². The summed E-state index contributed by atoms with van der Waals surface area (Å²) in [5, 5.41) is 3.52. The van der Waals surface area contributed by atoms with Crippen molar-refractivity contribution in [3.8, 4) is 0 Å². The molecule has 116 valence electrons. The lowest BCUT2D eigenvalue weighted by molar-refractivity contribution is 0.0600. The highest BCUT2D eigenvalue weighted by atomic mass is 79.9. The molecule has 0 bridgehead atoms. The highest BCUT2D eigenvalue weighted by Crippen LogP contribution is 2.20. The molecule has 5 heteroatoms. The van der Waals surface area contributed by atoms with Crippen LogP contribution >= 0.6 is 15.9 Å². The minimum atomic E-state index is -0.305. The van der Waals surface area contributed by atoms with Crippen LogP contribution in [0.25, 0.3) is 0 Å². The maximum absolute atomic E-state index is 11.5.